The Bertz CT molecular complexity index is 219. The second kappa shape index (κ2) is 5.18. The SMILES string of the molecule is CC(=CCC(=O)OC(C)(C)C)C(C)C. The standard InChI is InChI=1S/C12H22O2/c1-9(2)10(3)7-8-11(13)14-12(4,5)6/h7,9H,8H2,1-6H3. The largest absolute Gasteiger partial charge is 0.460 e. The van der Waals surface area contributed by atoms with E-state index >= 15 is 0 Å². The number of carbonyl (C=O) groups excluding carboxylic acids is 1. The molecule has 0 aliphatic carbocycles. The molecule has 0 N–H and O–H groups in total. The highest BCUT2D eigenvalue weighted by molar-refractivity contribution is 5.71. The fourth-order valence-corrected chi connectivity index (χ4v) is 0.863. The van der Waals surface area contributed by atoms with E-state index in [0.29, 0.717) is 12.3 Å². The molecule has 0 aromatic rings. The summed E-state index contributed by atoms with van der Waals surface area (Å²) in [5.74, 6) is 0.343. The van der Waals surface area contributed by atoms with Crippen molar-refractivity contribution in [2.45, 2.75) is 53.6 Å². The van der Waals surface area contributed by atoms with Crippen LogP contribution < -0.4 is 0 Å². The zero-order valence-electron chi connectivity index (χ0n) is 10.2. The molecule has 0 bridgehead atoms. The van der Waals surface area contributed by atoms with Crippen LogP contribution in [-0.2, 0) is 9.53 Å². The van der Waals surface area contributed by atoms with Crippen LogP contribution in [-0.4, -0.2) is 11.6 Å². The summed E-state index contributed by atoms with van der Waals surface area (Å²) in [6.07, 6.45) is 2.32. The Hall–Kier alpha value is -0.790. The van der Waals surface area contributed by atoms with Gasteiger partial charge in [-0.15, -0.1) is 0 Å². The van der Waals surface area contributed by atoms with Crippen LogP contribution in [0.2, 0.25) is 0 Å². The molecule has 0 aromatic heterocycles. The van der Waals surface area contributed by atoms with Gasteiger partial charge in [0.25, 0.3) is 0 Å². The van der Waals surface area contributed by atoms with Crippen molar-refractivity contribution >= 4 is 5.97 Å². The summed E-state index contributed by atoms with van der Waals surface area (Å²) in [5.41, 5.74) is 0.854. The van der Waals surface area contributed by atoms with Gasteiger partial charge in [-0.05, 0) is 33.6 Å². The first-order valence-electron chi connectivity index (χ1n) is 5.11. The summed E-state index contributed by atoms with van der Waals surface area (Å²) in [4.78, 5) is 11.3. The lowest BCUT2D eigenvalue weighted by Gasteiger charge is -2.19. The molecule has 0 saturated carbocycles. The van der Waals surface area contributed by atoms with Crippen molar-refractivity contribution in [1.29, 1.82) is 0 Å². The van der Waals surface area contributed by atoms with Gasteiger partial charge in [0.05, 0.1) is 6.42 Å². The number of ether oxygens (including phenoxy) is 1. The lowest BCUT2D eigenvalue weighted by atomic mass is 10.0. The zero-order chi connectivity index (χ0) is 11.4. The summed E-state index contributed by atoms with van der Waals surface area (Å²) in [6, 6.07) is 0. The first kappa shape index (κ1) is 13.2. The van der Waals surface area contributed by atoms with Crippen LogP contribution in [0.4, 0.5) is 0 Å². The number of rotatable bonds is 3. The smallest absolute Gasteiger partial charge is 0.310 e. The van der Waals surface area contributed by atoms with E-state index in [0.717, 1.165) is 0 Å². The van der Waals surface area contributed by atoms with Crippen LogP contribution in [0, 0.1) is 5.92 Å². The van der Waals surface area contributed by atoms with E-state index in [4.69, 9.17) is 4.74 Å². The molecule has 82 valence electrons. The summed E-state index contributed by atoms with van der Waals surface area (Å²) in [6.45, 7) is 11.9. The maximum absolute atomic E-state index is 11.3. The molecule has 2 heteroatoms. The summed E-state index contributed by atoms with van der Waals surface area (Å²) >= 11 is 0. The number of carbonyl (C=O) groups is 1. The molecule has 14 heavy (non-hydrogen) atoms. The van der Waals surface area contributed by atoms with Gasteiger partial charge in [-0.1, -0.05) is 25.5 Å². The minimum atomic E-state index is -0.378. The van der Waals surface area contributed by atoms with Crippen molar-refractivity contribution in [1.82, 2.24) is 0 Å². The first-order valence-corrected chi connectivity index (χ1v) is 5.11. The third-order valence-electron chi connectivity index (χ3n) is 1.92. The predicted molar refractivity (Wildman–Crippen MR) is 59.1 cm³/mol. The van der Waals surface area contributed by atoms with E-state index in [1.807, 2.05) is 33.8 Å². The highest BCUT2D eigenvalue weighted by Gasteiger charge is 2.15. The number of hydrogen-bond acceptors (Lipinski definition) is 2. The van der Waals surface area contributed by atoms with Gasteiger partial charge >= 0.3 is 5.97 Å². The van der Waals surface area contributed by atoms with Crippen LogP contribution in [0.3, 0.4) is 0 Å². The molecule has 0 aliphatic rings. The van der Waals surface area contributed by atoms with Gasteiger partial charge in [-0.2, -0.15) is 0 Å². The van der Waals surface area contributed by atoms with E-state index in [1.165, 1.54) is 5.57 Å². The molecule has 0 spiro atoms. The quantitative estimate of drug-likeness (QED) is 0.513. The van der Waals surface area contributed by atoms with Crippen molar-refractivity contribution in [3.05, 3.63) is 11.6 Å². The van der Waals surface area contributed by atoms with Crippen LogP contribution in [0.1, 0.15) is 48.0 Å². The molecule has 0 aliphatic heterocycles. The van der Waals surface area contributed by atoms with Gasteiger partial charge < -0.3 is 4.74 Å². The molecule has 0 aromatic carbocycles. The minimum absolute atomic E-state index is 0.155. The van der Waals surface area contributed by atoms with E-state index < -0.39 is 0 Å². The summed E-state index contributed by atoms with van der Waals surface area (Å²) in [5, 5.41) is 0. The third kappa shape index (κ3) is 6.70. The Morgan fingerprint density at radius 3 is 2.21 bits per heavy atom. The van der Waals surface area contributed by atoms with Crippen molar-refractivity contribution in [3.63, 3.8) is 0 Å². The van der Waals surface area contributed by atoms with Crippen molar-refractivity contribution in [3.8, 4) is 0 Å². The zero-order valence-corrected chi connectivity index (χ0v) is 10.2. The molecule has 2 nitrogen and oxygen atoms in total. The van der Waals surface area contributed by atoms with Crippen molar-refractivity contribution < 1.29 is 9.53 Å². The molecular formula is C12H22O2. The molecule has 0 fully saturated rings. The van der Waals surface area contributed by atoms with E-state index in [1.54, 1.807) is 0 Å². The molecule has 0 rings (SSSR count). The molecule has 0 unspecified atom stereocenters. The monoisotopic (exact) mass is 198 g/mol. The molecule has 0 radical (unpaired) electrons. The average molecular weight is 198 g/mol. The molecular weight excluding hydrogens is 176 g/mol. The molecule has 0 atom stereocenters. The number of hydrogen-bond donors (Lipinski definition) is 0. The average Bonchev–Trinajstić information content (AvgIpc) is 1.96. The van der Waals surface area contributed by atoms with Crippen LogP contribution in [0.5, 0.6) is 0 Å². The van der Waals surface area contributed by atoms with E-state index in [-0.39, 0.29) is 11.6 Å². The van der Waals surface area contributed by atoms with Crippen molar-refractivity contribution in [2.75, 3.05) is 0 Å². The Morgan fingerprint density at radius 1 is 1.36 bits per heavy atom. The fraction of sp³-hybridized carbons (Fsp3) is 0.750. The van der Waals surface area contributed by atoms with Gasteiger partial charge in [0.1, 0.15) is 5.60 Å². The highest BCUT2D eigenvalue weighted by atomic mass is 16.6. The number of allylic oxidation sites excluding steroid dienone is 1. The van der Waals surface area contributed by atoms with Crippen LogP contribution >= 0.6 is 0 Å². The van der Waals surface area contributed by atoms with E-state index in [2.05, 4.69) is 13.8 Å². The Kier molecular flexibility index (Phi) is 4.89. The fourth-order valence-electron chi connectivity index (χ4n) is 0.863. The molecule has 0 amide bonds. The molecule has 0 heterocycles. The van der Waals surface area contributed by atoms with Crippen LogP contribution in [0.25, 0.3) is 0 Å². The minimum Gasteiger partial charge on any atom is -0.460 e. The van der Waals surface area contributed by atoms with E-state index in [9.17, 15) is 4.79 Å². The maximum atomic E-state index is 11.3. The van der Waals surface area contributed by atoms with Gasteiger partial charge in [0.15, 0.2) is 0 Å². The maximum Gasteiger partial charge on any atom is 0.310 e. The Labute approximate surface area is 87.3 Å². The van der Waals surface area contributed by atoms with Gasteiger partial charge in [-0.25, -0.2) is 0 Å². The van der Waals surface area contributed by atoms with Crippen LogP contribution in [0.15, 0.2) is 11.6 Å². The lowest BCUT2D eigenvalue weighted by Crippen LogP contribution is -2.23. The van der Waals surface area contributed by atoms with Gasteiger partial charge in [0, 0.05) is 0 Å². The summed E-state index contributed by atoms with van der Waals surface area (Å²) in [7, 11) is 0. The Morgan fingerprint density at radius 2 is 1.86 bits per heavy atom. The third-order valence-corrected chi connectivity index (χ3v) is 1.92. The van der Waals surface area contributed by atoms with Crippen molar-refractivity contribution in [2.24, 2.45) is 5.92 Å². The van der Waals surface area contributed by atoms with Gasteiger partial charge in [-0.3, -0.25) is 4.79 Å². The van der Waals surface area contributed by atoms with Gasteiger partial charge in [0.2, 0.25) is 0 Å². The number of esters is 1. The Balaban J connectivity index is 4.04. The summed E-state index contributed by atoms with van der Waals surface area (Å²) < 4.78 is 5.18. The second-order valence-electron chi connectivity index (χ2n) is 4.89. The highest BCUT2D eigenvalue weighted by Crippen LogP contribution is 2.12. The normalized spacial score (nSPS) is 13.2. The first-order chi connectivity index (χ1) is 6.22. The topological polar surface area (TPSA) is 26.3 Å². The molecule has 0 saturated heterocycles. The predicted octanol–water partition coefficient (Wildman–Crippen LogP) is 3.32. The lowest BCUT2D eigenvalue weighted by molar-refractivity contribution is -0.153. The second-order valence-corrected chi connectivity index (χ2v) is 4.89.